The highest BCUT2D eigenvalue weighted by molar-refractivity contribution is 6.03. The number of aliphatic carboxylic acids is 1. The van der Waals surface area contributed by atoms with Crippen LogP contribution in [-0.2, 0) is 4.79 Å². The number of amidine groups is 1. The van der Waals surface area contributed by atoms with Crippen molar-refractivity contribution in [2.24, 2.45) is 4.99 Å². The maximum Gasteiger partial charge on any atom is 0.332 e. The van der Waals surface area contributed by atoms with Crippen molar-refractivity contribution in [3.8, 4) is 11.1 Å². The van der Waals surface area contributed by atoms with Crippen molar-refractivity contribution in [2.45, 2.75) is 13.3 Å². The van der Waals surface area contributed by atoms with Crippen LogP contribution in [0.5, 0.6) is 0 Å². The molecule has 0 aliphatic carbocycles. The van der Waals surface area contributed by atoms with Gasteiger partial charge < -0.3 is 15.7 Å². The molecule has 1 aliphatic heterocycles. The van der Waals surface area contributed by atoms with Crippen molar-refractivity contribution in [3.05, 3.63) is 59.2 Å². The second kappa shape index (κ2) is 7.86. The molecule has 6 heteroatoms. The molecule has 1 aliphatic rings. The number of carbonyl (C=O) groups is 2. The summed E-state index contributed by atoms with van der Waals surface area (Å²) < 4.78 is 0. The number of hydrogen-bond acceptors (Lipinski definition) is 4. The van der Waals surface area contributed by atoms with E-state index in [0.29, 0.717) is 23.5 Å². The van der Waals surface area contributed by atoms with Crippen LogP contribution in [0.3, 0.4) is 0 Å². The number of carboxylic acids is 1. The van der Waals surface area contributed by atoms with Crippen molar-refractivity contribution in [3.63, 3.8) is 0 Å². The molecule has 3 rings (SSSR count). The van der Waals surface area contributed by atoms with Crippen molar-refractivity contribution >= 4 is 29.5 Å². The second-order valence-corrected chi connectivity index (χ2v) is 6.17. The van der Waals surface area contributed by atoms with Crippen LogP contribution in [0.2, 0.25) is 0 Å². The van der Waals surface area contributed by atoms with Gasteiger partial charge in [-0.2, -0.15) is 0 Å². The van der Waals surface area contributed by atoms with Gasteiger partial charge in [0.05, 0.1) is 5.69 Å². The third-order valence-electron chi connectivity index (χ3n) is 4.34. The van der Waals surface area contributed by atoms with E-state index in [0.717, 1.165) is 22.4 Å². The van der Waals surface area contributed by atoms with Gasteiger partial charge in [-0.25, -0.2) is 9.79 Å². The first kappa shape index (κ1) is 18.4. The van der Waals surface area contributed by atoms with E-state index in [1.165, 1.54) is 0 Å². The highest BCUT2D eigenvalue weighted by Gasteiger charge is 2.17. The average molecular weight is 363 g/mol. The van der Waals surface area contributed by atoms with Crippen LogP contribution >= 0.6 is 0 Å². The smallest absolute Gasteiger partial charge is 0.332 e. The van der Waals surface area contributed by atoms with Crippen LogP contribution in [0.15, 0.2) is 53.0 Å². The Balaban J connectivity index is 2.01. The highest BCUT2D eigenvalue weighted by Crippen LogP contribution is 2.32. The van der Waals surface area contributed by atoms with Gasteiger partial charge in [0, 0.05) is 36.7 Å². The lowest BCUT2D eigenvalue weighted by Gasteiger charge is -2.08. The van der Waals surface area contributed by atoms with E-state index in [4.69, 9.17) is 0 Å². The van der Waals surface area contributed by atoms with E-state index in [9.17, 15) is 14.7 Å². The third kappa shape index (κ3) is 4.06. The molecule has 0 fully saturated rings. The van der Waals surface area contributed by atoms with Crippen LogP contribution in [0.25, 0.3) is 17.2 Å². The topological polar surface area (TPSA) is 90.8 Å². The molecule has 0 saturated carbocycles. The molecule has 27 heavy (non-hydrogen) atoms. The Kier molecular flexibility index (Phi) is 5.35. The number of aliphatic imine (C=N–C) groups is 1. The van der Waals surface area contributed by atoms with Gasteiger partial charge in [0.2, 0.25) is 0 Å². The summed E-state index contributed by atoms with van der Waals surface area (Å²) in [7, 11) is 1.60. The summed E-state index contributed by atoms with van der Waals surface area (Å²) >= 11 is 0. The van der Waals surface area contributed by atoms with E-state index >= 15 is 0 Å². The first-order chi connectivity index (χ1) is 13.0. The first-order valence-electron chi connectivity index (χ1n) is 8.73. The summed E-state index contributed by atoms with van der Waals surface area (Å²) in [5.41, 5.74) is 4.29. The molecule has 138 valence electrons. The minimum Gasteiger partial charge on any atom is -0.478 e. The number of nitrogens with one attached hydrogen (secondary N) is 2. The first-order valence-corrected chi connectivity index (χ1v) is 8.73. The molecule has 6 nitrogen and oxygen atoms in total. The van der Waals surface area contributed by atoms with Gasteiger partial charge in [-0.05, 0) is 42.3 Å². The maximum atomic E-state index is 11.7. The number of hydrogen-bond donors (Lipinski definition) is 3. The van der Waals surface area contributed by atoms with Crippen molar-refractivity contribution in [1.29, 1.82) is 0 Å². The van der Waals surface area contributed by atoms with Gasteiger partial charge in [0.25, 0.3) is 5.91 Å². The molecule has 0 bridgehead atoms. The molecular weight excluding hydrogens is 342 g/mol. The Hall–Kier alpha value is -3.41. The van der Waals surface area contributed by atoms with Gasteiger partial charge >= 0.3 is 5.97 Å². The molecule has 0 atom stereocenters. The third-order valence-corrected chi connectivity index (χ3v) is 4.34. The minimum atomic E-state index is -0.942. The van der Waals surface area contributed by atoms with Crippen molar-refractivity contribution in [2.75, 3.05) is 13.6 Å². The fraction of sp³-hybridized carbons (Fsp3) is 0.190. The maximum absolute atomic E-state index is 11.7. The van der Waals surface area contributed by atoms with Crippen LogP contribution in [0.1, 0.15) is 29.3 Å². The number of nitrogens with zero attached hydrogens (tertiary/aromatic N) is 1. The Morgan fingerprint density at radius 1 is 1.11 bits per heavy atom. The van der Waals surface area contributed by atoms with E-state index in [-0.39, 0.29) is 12.3 Å². The van der Waals surface area contributed by atoms with Crippen molar-refractivity contribution < 1.29 is 14.7 Å². The van der Waals surface area contributed by atoms with Crippen LogP contribution < -0.4 is 10.6 Å². The molecule has 2 aromatic rings. The van der Waals surface area contributed by atoms with Gasteiger partial charge in [0.15, 0.2) is 0 Å². The molecule has 0 spiro atoms. The number of carboxylic acid groups (broad SMARTS) is 1. The quantitative estimate of drug-likeness (QED) is 0.778. The monoisotopic (exact) mass is 363 g/mol. The Morgan fingerprint density at radius 2 is 1.81 bits per heavy atom. The summed E-state index contributed by atoms with van der Waals surface area (Å²) in [6.45, 7) is 2.62. The van der Waals surface area contributed by atoms with Crippen LogP contribution in [0, 0.1) is 0 Å². The summed E-state index contributed by atoms with van der Waals surface area (Å²) in [5, 5.41) is 15.2. The predicted molar refractivity (Wildman–Crippen MR) is 106 cm³/mol. The zero-order chi connectivity index (χ0) is 19.4. The number of benzene rings is 2. The zero-order valence-electron chi connectivity index (χ0n) is 15.2. The normalized spacial score (nSPS) is 13.0. The SMILES string of the molecule is CCNC1=Nc2cc(-c3ccc(C(=O)NC)cc3)ccc2C=C(C(=O)O)C1. The number of rotatable bonds is 4. The lowest BCUT2D eigenvalue weighted by molar-refractivity contribution is -0.132. The van der Waals surface area contributed by atoms with E-state index < -0.39 is 5.97 Å². The molecule has 0 saturated heterocycles. The van der Waals surface area contributed by atoms with E-state index in [1.54, 1.807) is 25.3 Å². The van der Waals surface area contributed by atoms with E-state index in [2.05, 4.69) is 15.6 Å². The fourth-order valence-electron chi connectivity index (χ4n) is 2.95. The lowest BCUT2D eigenvalue weighted by Crippen LogP contribution is -2.24. The molecule has 1 heterocycles. The van der Waals surface area contributed by atoms with Gasteiger partial charge in [-0.15, -0.1) is 0 Å². The molecule has 0 unspecified atom stereocenters. The minimum absolute atomic E-state index is 0.130. The second-order valence-electron chi connectivity index (χ2n) is 6.17. The Labute approximate surface area is 157 Å². The zero-order valence-corrected chi connectivity index (χ0v) is 15.2. The van der Waals surface area contributed by atoms with Crippen LogP contribution in [0.4, 0.5) is 5.69 Å². The number of carbonyl (C=O) groups excluding carboxylic acids is 1. The number of fused-ring (bicyclic) bond motifs is 1. The standard InChI is InChI=1S/C21H21N3O3/c1-3-23-19-12-17(21(26)27)10-16-9-8-15(11-18(16)24-19)13-4-6-14(7-5-13)20(25)22-2/h4-11H,3,12H2,1-2H3,(H,22,25)(H,23,24)(H,26,27). The molecule has 2 aromatic carbocycles. The average Bonchev–Trinajstić information content (AvgIpc) is 2.86. The Bertz CT molecular complexity index is 944. The fourth-order valence-corrected chi connectivity index (χ4v) is 2.95. The van der Waals surface area contributed by atoms with E-state index in [1.807, 2.05) is 37.3 Å². The molecule has 1 amide bonds. The largest absolute Gasteiger partial charge is 0.478 e. The summed E-state index contributed by atoms with van der Waals surface area (Å²) in [5.74, 6) is -0.436. The number of amides is 1. The molecule has 3 N–H and O–H groups in total. The summed E-state index contributed by atoms with van der Waals surface area (Å²) in [4.78, 5) is 27.8. The molecule has 0 radical (unpaired) electrons. The summed E-state index contributed by atoms with van der Waals surface area (Å²) in [6, 6.07) is 13.1. The summed E-state index contributed by atoms with van der Waals surface area (Å²) in [6.07, 6.45) is 1.93. The van der Waals surface area contributed by atoms with Gasteiger partial charge in [-0.3, -0.25) is 4.79 Å². The Morgan fingerprint density at radius 3 is 2.44 bits per heavy atom. The molecule has 0 aromatic heterocycles. The van der Waals surface area contributed by atoms with Gasteiger partial charge in [-0.1, -0.05) is 24.3 Å². The highest BCUT2D eigenvalue weighted by atomic mass is 16.4. The van der Waals surface area contributed by atoms with Crippen molar-refractivity contribution in [1.82, 2.24) is 10.6 Å². The lowest BCUT2D eigenvalue weighted by atomic mass is 10.00. The van der Waals surface area contributed by atoms with Gasteiger partial charge in [0.1, 0.15) is 5.84 Å². The molecular formula is C21H21N3O3. The van der Waals surface area contributed by atoms with Crippen LogP contribution in [-0.4, -0.2) is 36.4 Å². The predicted octanol–water partition coefficient (Wildman–Crippen LogP) is 3.22.